The van der Waals surface area contributed by atoms with Gasteiger partial charge in [-0.3, -0.25) is 4.79 Å². The molecule has 0 spiro atoms. The van der Waals surface area contributed by atoms with E-state index in [0.717, 1.165) is 12.1 Å². The van der Waals surface area contributed by atoms with Gasteiger partial charge in [0.2, 0.25) is 0 Å². The maximum absolute atomic E-state index is 13.7. The van der Waals surface area contributed by atoms with Gasteiger partial charge in [0, 0.05) is 36.5 Å². The zero-order valence-corrected chi connectivity index (χ0v) is 22.2. The molecule has 1 unspecified atom stereocenters. The van der Waals surface area contributed by atoms with E-state index in [4.69, 9.17) is 15.5 Å². The first kappa shape index (κ1) is 26.4. The smallest absolute Gasteiger partial charge is 0.399 e. The number of amides is 1. The van der Waals surface area contributed by atoms with Crippen molar-refractivity contribution in [3.05, 3.63) is 83.2 Å². The van der Waals surface area contributed by atoms with Crippen molar-refractivity contribution >= 4 is 39.7 Å². The van der Waals surface area contributed by atoms with Gasteiger partial charge in [0.25, 0.3) is 5.91 Å². The number of hydrogen-bond donors (Lipinski definition) is 1. The Balaban J connectivity index is 1.77. The topological polar surface area (TPSA) is 84.6 Å². The normalized spacial score (nSPS) is 17.9. The van der Waals surface area contributed by atoms with Crippen LogP contribution in [0.15, 0.2) is 60.7 Å². The number of para-hydroxylation sites is 1. The van der Waals surface area contributed by atoms with Crippen molar-refractivity contribution in [1.82, 2.24) is 9.97 Å². The zero-order valence-electron chi connectivity index (χ0n) is 22.2. The lowest BCUT2D eigenvalue weighted by atomic mass is 9.95. The Kier molecular flexibility index (Phi) is 6.26. The number of alkyl halides is 3. The molecule has 2 heterocycles. The second-order valence-corrected chi connectivity index (χ2v) is 9.85. The summed E-state index contributed by atoms with van der Waals surface area (Å²) in [6, 6.07) is 15.9. The summed E-state index contributed by atoms with van der Waals surface area (Å²) in [4.78, 5) is 25.9. The largest absolute Gasteiger partial charge is 0.416 e. The number of benzene rings is 3. The van der Waals surface area contributed by atoms with Gasteiger partial charge in [0.1, 0.15) is 11.6 Å². The van der Waals surface area contributed by atoms with Gasteiger partial charge in [0.05, 0.1) is 22.8 Å². The first-order chi connectivity index (χ1) is 18.3. The second-order valence-electron chi connectivity index (χ2n) is 9.85. The first-order valence-electron chi connectivity index (χ1n) is 12.3. The number of rotatable bonds is 5. The molecule has 0 fully saturated rings. The van der Waals surface area contributed by atoms with Crippen LogP contribution in [0.5, 0.6) is 0 Å². The predicted octanol–water partition coefficient (Wildman–Crippen LogP) is 6.28. The molecule has 10 heteroatoms. The summed E-state index contributed by atoms with van der Waals surface area (Å²) in [7, 11) is 3.16. The van der Waals surface area contributed by atoms with Crippen molar-refractivity contribution in [2.45, 2.75) is 38.6 Å². The van der Waals surface area contributed by atoms with E-state index in [1.807, 2.05) is 47.4 Å². The number of nitrogens with two attached hydrogens (primary N) is 1. The molecular weight excluding hydrogens is 507 g/mol. The van der Waals surface area contributed by atoms with Gasteiger partial charge < -0.3 is 20.3 Å². The molecule has 7 nitrogen and oxygen atoms in total. The summed E-state index contributed by atoms with van der Waals surface area (Å²) in [6.45, 7) is 5.27. The molecule has 39 heavy (non-hydrogen) atoms. The molecule has 2 N–H and O–H groups in total. The van der Waals surface area contributed by atoms with E-state index in [9.17, 15) is 18.0 Å². The van der Waals surface area contributed by atoms with E-state index in [1.165, 1.54) is 12.0 Å². The molecule has 1 amide bonds. The molecule has 1 aliphatic rings. The molecule has 202 valence electrons. The van der Waals surface area contributed by atoms with Crippen LogP contribution in [0.1, 0.15) is 42.4 Å². The Labute approximate surface area is 224 Å². The quantitative estimate of drug-likeness (QED) is 0.303. The highest BCUT2D eigenvalue weighted by atomic mass is 19.4. The summed E-state index contributed by atoms with van der Waals surface area (Å²) in [5.74, 6) is 0.738. The Morgan fingerprint density at radius 3 is 2.41 bits per heavy atom. The van der Waals surface area contributed by atoms with E-state index in [-0.39, 0.29) is 11.6 Å². The molecule has 0 aliphatic carbocycles. The van der Waals surface area contributed by atoms with Crippen molar-refractivity contribution in [3.8, 4) is 0 Å². The van der Waals surface area contributed by atoms with Crippen LogP contribution in [-0.2, 0) is 21.3 Å². The van der Waals surface area contributed by atoms with Gasteiger partial charge >= 0.3 is 6.18 Å². The average molecular weight is 536 g/mol. The van der Waals surface area contributed by atoms with E-state index >= 15 is 0 Å². The minimum absolute atomic E-state index is 0.0141. The lowest BCUT2D eigenvalue weighted by Crippen LogP contribution is -2.37. The Morgan fingerprint density at radius 2 is 1.77 bits per heavy atom. The molecule has 0 saturated carbocycles. The van der Waals surface area contributed by atoms with Crippen LogP contribution >= 0.6 is 0 Å². The van der Waals surface area contributed by atoms with Crippen molar-refractivity contribution in [2.24, 2.45) is 0 Å². The number of nitrogens with zero attached hydrogens (tertiary/aromatic N) is 4. The van der Waals surface area contributed by atoms with E-state index < -0.39 is 23.4 Å². The van der Waals surface area contributed by atoms with Crippen molar-refractivity contribution in [3.63, 3.8) is 0 Å². The predicted molar refractivity (Wildman–Crippen MR) is 145 cm³/mol. The SMILES string of the molecule is COC1(C)C(=O)N(C)c2cc3c(N(c4ccccc4)[C@H](C)c4cc(N)cc(C(F)(F)F)c4)nc(C)nc3cc21. The van der Waals surface area contributed by atoms with Gasteiger partial charge in [0.15, 0.2) is 5.60 Å². The summed E-state index contributed by atoms with van der Waals surface area (Å²) < 4.78 is 46.7. The fraction of sp³-hybridized carbons (Fsp3) is 0.276. The minimum Gasteiger partial charge on any atom is -0.399 e. The molecule has 3 aromatic carbocycles. The van der Waals surface area contributed by atoms with E-state index in [1.54, 1.807) is 33.9 Å². The number of carbonyl (C=O) groups excluding carboxylic acids is 1. The number of aryl methyl sites for hydroxylation is 1. The van der Waals surface area contributed by atoms with Crippen molar-refractivity contribution < 1.29 is 22.7 Å². The number of likely N-dealkylation sites (N-methyl/N-ethyl adjacent to an activating group) is 1. The van der Waals surface area contributed by atoms with Crippen LogP contribution in [-0.4, -0.2) is 30.0 Å². The standard InChI is InChI=1S/C29H28F3N5O2/c1-16(18-11-19(29(30,31)32)13-20(33)12-18)37(21-9-7-6-8-10-21)26-22-14-25-23(15-24(22)34-17(2)35-26)28(3,39-5)27(38)36(25)4/h6-16H,33H2,1-5H3/t16-,28?/m1/s1. The average Bonchev–Trinajstić information content (AvgIpc) is 3.08. The van der Waals surface area contributed by atoms with Crippen LogP contribution in [0.3, 0.4) is 0 Å². The third-order valence-electron chi connectivity index (χ3n) is 7.34. The lowest BCUT2D eigenvalue weighted by Gasteiger charge is -2.32. The maximum Gasteiger partial charge on any atom is 0.416 e. The number of nitrogen functional groups attached to an aromatic ring is 1. The number of methoxy groups -OCH3 is 1. The molecular formula is C29H28F3N5O2. The highest BCUT2D eigenvalue weighted by Crippen LogP contribution is 2.46. The Hall–Kier alpha value is -4.18. The van der Waals surface area contributed by atoms with Crippen LogP contribution in [0, 0.1) is 6.92 Å². The summed E-state index contributed by atoms with van der Waals surface area (Å²) >= 11 is 0. The van der Waals surface area contributed by atoms with Crippen molar-refractivity contribution in [1.29, 1.82) is 0 Å². The van der Waals surface area contributed by atoms with Gasteiger partial charge in [-0.1, -0.05) is 18.2 Å². The first-order valence-corrected chi connectivity index (χ1v) is 12.3. The number of fused-ring (bicyclic) bond motifs is 2. The van der Waals surface area contributed by atoms with Gasteiger partial charge in [-0.15, -0.1) is 0 Å². The number of hydrogen-bond acceptors (Lipinski definition) is 6. The highest BCUT2D eigenvalue weighted by molar-refractivity contribution is 6.09. The highest BCUT2D eigenvalue weighted by Gasteiger charge is 2.47. The summed E-state index contributed by atoms with van der Waals surface area (Å²) in [5, 5.41) is 0.634. The number of carbonyl (C=O) groups is 1. The molecule has 1 aliphatic heterocycles. The molecule has 1 aromatic heterocycles. The second kappa shape index (κ2) is 9.23. The molecule has 5 rings (SSSR count). The monoisotopic (exact) mass is 535 g/mol. The number of anilines is 4. The van der Waals surface area contributed by atoms with Gasteiger partial charge in [-0.25, -0.2) is 9.97 Å². The Bertz CT molecular complexity index is 1590. The third-order valence-corrected chi connectivity index (χ3v) is 7.34. The number of ether oxygens (including phenoxy) is 1. The van der Waals surface area contributed by atoms with Crippen LogP contribution < -0.4 is 15.5 Å². The summed E-state index contributed by atoms with van der Waals surface area (Å²) in [5.41, 5.74) is 6.94. The number of aromatic nitrogens is 2. The lowest BCUT2D eigenvalue weighted by molar-refractivity contribution is -0.138. The molecule has 0 radical (unpaired) electrons. The number of halogens is 3. The molecule has 4 aromatic rings. The van der Waals surface area contributed by atoms with E-state index in [0.29, 0.717) is 45.0 Å². The summed E-state index contributed by atoms with van der Waals surface area (Å²) in [6.07, 6.45) is -4.55. The minimum atomic E-state index is -4.55. The Morgan fingerprint density at radius 1 is 1.08 bits per heavy atom. The third kappa shape index (κ3) is 4.34. The molecule has 0 saturated heterocycles. The molecule has 0 bridgehead atoms. The fourth-order valence-corrected chi connectivity index (χ4v) is 5.19. The maximum atomic E-state index is 13.7. The van der Waals surface area contributed by atoms with E-state index in [2.05, 4.69) is 4.98 Å². The van der Waals surface area contributed by atoms with Gasteiger partial charge in [-0.2, -0.15) is 13.2 Å². The van der Waals surface area contributed by atoms with Crippen LogP contribution in [0.25, 0.3) is 10.9 Å². The van der Waals surface area contributed by atoms with Crippen molar-refractivity contribution in [2.75, 3.05) is 29.7 Å². The van der Waals surface area contributed by atoms with Crippen LogP contribution in [0.4, 0.5) is 36.1 Å². The molecule has 2 atom stereocenters. The zero-order chi connectivity index (χ0) is 28.3. The van der Waals surface area contributed by atoms with Crippen LogP contribution in [0.2, 0.25) is 0 Å². The van der Waals surface area contributed by atoms with Gasteiger partial charge in [-0.05, 0) is 68.8 Å². The fourth-order valence-electron chi connectivity index (χ4n) is 5.19.